The van der Waals surface area contributed by atoms with E-state index < -0.39 is 11.9 Å². The van der Waals surface area contributed by atoms with Crippen LogP contribution in [0.5, 0.6) is 0 Å². The Labute approximate surface area is 87.5 Å². The number of ether oxygens (including phenoxy) is 1. The Hall–Kier alpha value is -1.03. The highest BCUT2D eigenvalue weighted by Gasteiger charge is 2.10. The summed E-state index contributed by atoms with van der Waals surface area (Å²) in [5.74, 6) is -1.72. The minimum atomic E-state index is -1.03. The van der Waals surface area contributed by atoms with E-state index in [0.29, 0.717) is 12.8 Å². The van der Waals surface area contributed by atoms with Crippen LogP contribution in [0.3, 0.4) is 0 Å². The largest absolute Gasteiger partial charge is 0.478 e. The van der Waals surface area contributed by atoms with Gasteiger partial charge in [0.25, 0.3) is 0 Å². The van der Waals surface area contributed by atoms with Gasteiger partial charge < -0.3 is 9.84 Å². The molecule has 0 fully saturated rings. The van der Waals surface area contributed by atoms with E-state index in [1.807, 2.05) is 0 Å². The van der Waals surface area contributed by atoms with E-state index in [2.05, 4.69) is 6.58 Å². The monoisotopic (exact) mass is 220 g/mol. The van der Waals surface area contributed by atoms with Gasteiger partial charge in [-0.05, 0) is 19.8 Å². The summed E-state index contributed by atoms with van der Waals surface area (Å²) in [5, 5.41) is 8.49. The second kappa shape index (κ2) is 6.43. The smallest absolute Gasteiger partial charge is 0.330 e. The van der Waals surface area contributed by atoms with Gasteiger partial charge in [0.15, 0.2) is 0 Å². The summed E-state index contributed by atoms with van der Waals surface area (Å²) in [4.78, 5) is 21.1. The Kier molecular flexibility index (Phi) is 5.95. The van der Waals surface area contributed by atoms with Crippen LogP contribution < -0.4 is 0 Å². The predicted octanol–water partition coefficient (Wildman–Crippen LogP) is 1.58. The molecule has 0 aliphatic heterocycles. The van der Waals surface area contributed by atoms with Gasteiger partial charge in [-0.3, -0.25) is 4.79 Å². The minimum absolute atomic E-state index is 0.110. The number of halogens is 1. The van der Waals surface area contributed by atoms with Gasteiger partial charge >= 0.3 is 11.9 Å². The van der Waals surface area contributed by atoms with E-state index in [1.54, 1.807) is 6.92 Å². The first-order valence-electron chi connectivity index (χ1n) is 4.14. The molecule has 0 bridgehead atoms. The zero-order valence-electron chi connectivity index (χ0n) is 7.96. The van der Waals surface area contributed by atoms with Crippen molar-refractivity contribution in [3.63, 3.8) is 0 Å². The van der Waals surface area contributed by atoms with E-state index in [1.165, 1.54) is 0 Å². The molecule has 5 heteroatoms. The lowest BCUT2D eigenvalue weighted by atomic mass is 10.1. The Morgan fingerprint density at radius 3 is 2.57 bits per heavy atom. The lowest BCUT2D eigenvalue weighted by Gasteiger charge is -2.11. The summed E-state index contributed by atoms with van der Waals surface area (Å²) in [5.41, 5.74) is 0.110. The zero-order chi connectivity index (χ0) is 11.1. The third kappa shape index (κ3) is 5.59. The topological polar surface area (TPSA) is 63.6 Å². The summed E-state index contributed by atoms with van der Waals surface area (Å²) in [7, 11) is 0. The molecule has 0 heterocycles. The van der Waals surface area contributed by atoms with E-state index in [-0.39, 0.29) is 17.6 Å². The van der Waals surface area contributed by atoms with Gasteiger partial charge in [-0.2, -0.15) is 0 Å². The number of alkyl halides is 1. The highest BCUT2D eigenvalue weighted by atomic mass is 35.5. The van der Waals surface area contributed by atoms with Crippen LogP contribution in [0, 0.1) is 0 Å². The van der Waals surface area contributed by atoms with Crippen molar-refractivity contribution in [1.82, 2.24) is 0 Å². The van der Waals surface area contributed by atoms with Crippen LogP contribution in [0.15, 0.2) is 12.2 Å². The molecule has 0 spiro atoms. The van der Waals surface area contributed by atoms with Crippen molar-refractivity contribution in [3.8, 4) is 0 Å². The van der Waals surface area contributed by atoms with Crippen molar-refractivity contribution in [2.24, 2.45) is 0 Å². The molecule has 4 nitrogen and oxygen atoms in total. The highest BCUT2D eigenvalue weighted by molar-refractivity contribution is 6.26. The van der Waals surface area contributed by atoms with E-state index in [4.69, 9.17) is 21.4 Å². The van der Waals surface area contributed by atoms with Gasteiger partial charge in [0.1, 0.15) is 5.88 Å². The SMILES string of the molecule is C=C(CCC(C)OC(=O)CCl)C(=O)O. The van der Waals surface area contributed by atoms with Crippen LogP contribution in [0.2, 0.25) is 0 Å². The lowest BCUT2D eigenvalue weighted by Crippen LogP contribution is -2.16. The lowest BCUT2D eigenvalue weighted by molar-refractivity contribution is -0.145. The molecule has 0 saturated heterocycles. The number of esters is 1. The molecule has 0 amide bonds. The van der Waals surface area contributed by atoms with Crippen molar-refractivity contribution < 1.29 is 19.4 Å². The number of carbonyl (C=O) groups excluding carboxylic acids is 1. The first-order chi connectivity index (χ1) is 6.47. The quantitative estimate of drug-likeness (QED) is 0.419. The average Bonchev–Trinajstić information content (AvgIpc) is 2.13. The second-order valence-corrected chi connectivity index (χ2v) is 3.15. The first-order valence-corrected chi connectivity index (χ1v) is 4.67. The fraction of sp³-hybridized carbons (Fsp3) is 0.556. The maximum atomic E-state index is 10.7. The van der Waals surface area contributed by atoms with Gasteiger partial charge in [0.05, 0.1) is 6.10 Å². The first kappa shape index (κ1) is 13.0. The molecule has 0 radical (unpaired) electrons. The number of carboxylic acids is 1. The predicted molar refractivity (Wildman–Crippen MR) is 52.3 cm³/mol. The van der Waals surface area contributed by atoms with Crippen LogP contribution in [0.25, 0.3) is 0 Å². The maximum absolute atomic E-state index is 10.7. The summed E-state index contributed by atoms with van der Waals surface area (Å²) in [6, 6.07) is 0. The second-order valence-electron chi connectivity index (χ2n) is 2.88. The number of rotatable bonds is 6. The standard InChI is InChI=1S/C9H13ClO4/c1-6(9(12)13)3-4-7(2)14-8(11)5-10/h7H,1,3-5H2,2H3,(H,12,13). The number of hydrogen-bond acceptors (Lipinski definition) is 3. The Balaban J connectivity index is 3.74. The van der Waals surface area contributed by atoms with Crippen LogP contribution in [0.1, 0.15) is 19.8 Å². The molecule has 0 rings (SSSR count). The van der Waals surface area contributed by atoms with Crippen molar-refractivity contribution >= 4 is 23.5 Å². The Bertz CT molecular complexity index is 237. The van der Waals surface area contributed by atoms with E-state index in [9.17, 15) is 9.59 Å². The molecule has 0 aliphatic rings. The molecule has 1 unspecified atom stereocenters. The van der Waals surface area contributed by atoms with Crippen molar-refractivity contribution in [2.45, 2.75) is 25.9 Å². The fourth-order valence-corrected chi connectivity index (χ4v) is 0.862. The number of carbonyl (C=O) groups is 2. The molecular formula is C9H13ClO4. The van der Waals surface area contributed by atoms with Crippen molar-refractivity contribution in [3.05, 3.63) is 12.2 Å². The maximum Gasteiger partial charge on any atom is 0.330 e. The normalized spacial score (nSPS) is 11.9. The van der Waals surface area contributed by atoms with Crippen molar-refractivity contribution in [1.29, 1.82) is 0 Å². The number of hydrogen-bond donors (Lipinski definition) is 1. The van der Waals surface area contributed by atoms with Gasteiger partial charge in [-0.15, -0.1) is 11.6 Å². The average molecular weight is 221 g/mol. The molecular weight excluding hydrogens is 208 g/mol. The minimum Gasteiger partial charge on any atom is -0.478 e. The summed E-state index contributed by atoms with van der Waals surface area (Å²) in [6.45, 7) is 5.04. The van der Waals surface area contributed by atoms with Gasteiger partial charge in [-0.1, -0.05) is 6.58 Å². The van der Waals surface area contributed by atoms with Gasteiger partial charge in [-0.25, -0.2) is 4.79 Å². The molecule has 0 saturated carbocycles. The summed E-state index contributed by atoms with van der Waals surface area (Å²) < 4.78 is 4.82. The number of aliphatic carboxylic acids is 1. The summed E-state index contributed by atoms with van der Waals surface area (Å²) >= 11 is 5.22. The van der Waals surface area contributed by atoms with Gasteiger partial charge in [0, 0.05) is 5.57 Å². The highest BCUT2D eigenvalue weighted by Crippen LogP contribution is 2.08. The molecule has 80 valence electrons. The molecule has 14 heavy (non-hydrogen) atoms. The van der Waals surface area contributed by atoms with Gasteiger partial charge in [0.2, 0.25) is 0 Å². The Morgan fingerprint density at radius 2 is 2.14 bits per heavy atom. The fourth-order valence-electron chi connectivity index (χ4n) is 0.799. The molecule has 0 aromatic carbocycles. The van der Waals surface area contributed by atoms with Crippen LogP contribution >= 0.6 is 11.6 Å². The van der Waals surface area contributed by atoms with Crippen molar-refractivity contribution in [2.75, 3.05) is 5.88 Å². The van der Waals surface area contributed by atoms with Crippen LogP contribution in [-0.4, -0.2) is 29.0 Å². The molecule has 1 N–H and O–H groups in total. The summed E-state index contributed by atoms with van der Waals surface area (Å²) in [6.07, 6.45) is 0.400. The number of carboxylic acid groups (broad SMARTS) is 1. The van der Waals surface area contributed by atoms with Crippen LogP contribution in [-0.2, 0) is 14.3 Å². The molecule has 0 aromatic rings. The molecule has 0 aromatic heterocycles. The molecule has 1 atom stereocenters. The molecule has 0 aliphatic carbocycles. The van der Waals surface area contributed by atoms with Crippen LogP contribution in [0.4, 0.5) is 0 Å². The third-order valence-electron chi connectivity index (χ3n) is 1.60. The van der Waals surface area contributed by atoms with E-state index >= 15 is 0 Å². The van der Waals surface area contributed by atoms with E-state index in [0.717, 1.165) is 0 Å². The third-order valence-corrected chi connectivity index (χ3v) is 1.82. The Morgan fingerprint density at radius 1 is 1.57 bits per heavy atom. The zero-order valence-corrected chi connectivity index (χ0v) is 8.71.